The molecule has 9 heteroatoms. The largest absolute Gasteiger partial charge is 0.497 e. The molecule has 174 valence electrons. The Hall–Kier alpha value is -4.40. The molecule has 0 unspecified atom stereocenters. The fourth-order valence-electron chi connectivity index (χ4n) is 3.69. The number of amides is 1. The highest BCUT2D eigenvalue weighted by molar-refractivity contribution is 5.94. The molecule has 0 spiro atoms. The Morgan fingerprint density at radius 2 is 1.88 bits per heavy atom. The first-order chi connectivity index (χ1) is 16.4. The van der Waals surface area contributed by atoms with Gasteiger partial charge in [-0.1, -0.05) is 12.1 Å². The van der Waals surface area contributed by atoms with Gasteiger partial charge in [-0.05, 0) is 48.9 Å². The van der Waals surface area contributed by atoms with E-state index >= 15 is 0 Å². The van der Waals surface area contributed by atoms with Crippen molar-refractivity contribution in [2.75, 3.05) is 19.0 Å². The van der Waals surface area contributed by atoms with Gasteiger partial charge in [-0.25, -0.2) is 9.78 Å². The van der Waals surface area contributed by atoms with E-state index in [1.54, 1.807) is 49.9 Å². The zero-order valence-corrected chi connectivity index (χ0v) is 19.1. The van der Waals surface area contributed by atoms with Crippen molar-refractivity contribution in [3.05, 3.63) is 77.0 Å². The average Bonchev–Trinajstić information content (AvgIpc) is 3.18. The number of anilines is 1. The molecule has 34 heavy (non-hydrogen) atoms. The van der Waals surface area contributed by atoms with E-state index in [4.69, 9.17) is 9.47 Å². The van der Waals surface area contributed by atoms with Crippen LogP contribution in [-0.4, -0.2) is 39.7 Å². The number of benzene rings is 2. The molecule has 2 heterocycles. The third kappa shape index (κ3) is 4.54. The van der Waals surface area contributed by atoms with Gasteiger partial charge in [0.25, 0.3) is 5.56 Å². The van der Waals surface area contributed by atoms with E-state index in [2.05, 4.69) is 10.3 Å². The number of hydrogen-bond donors (Lipinski definition) is 1. The average molecular weight is 460 g/mol. The molecule has 0 radical (unpaired) electrons. The Bertz CT molecular complexity index is 1420. The zero-order chi connectivity index (χ0) is 24.2. The third-order valence-electron chi connectivity index (χ3n) is 5.32. The molecule has 0 aliphatic rings. The fourth-order valence-corrected chi connectivity index (χ4v) is 3.69. The van der Waals surface area contributed by atoms with E-state index in [0.717, 1.165) is 11.1 Å². The number of ether oxygens (including phenoxy) is 2. The smallest absolute Gasteiger partial charge is 0.338 e. The summed E-state index contributed by atoms with van der Waals surface area (Å²) in [7, 11) is 3.36. The number of rotatable bonds is 7. The molecule has 0 saturated heterocycles. The minimum atomic E-state index is -0.429. The molecular weight excluding hydrogens is 436 g/mol. The van der Waals surface area contributed by atoms with Crippen LogP contribution in [0.1, 0.15) is 17.3 Å². The summed E-state index contributed by atoms with van der Waals surface area (Å²) < 4.78 is 13.2. The number of methoxy groups -OCH3 is 1. The van der Waals surface area contributed by atoms with Gasteiger partial charge in [-0.3, -0.25) is 14.2 Å². The maximum absolute atomic E-state index is 13.1. The normalized spacial score (nSPS) is 10.8. The molecule has 0 aliphatic carbocycles. The number of aryl methyl sites for hydroxylation is 1. The van der Waals surface area contributed by atoms with E-state index in [1.165, 1.54) is 10.9 Å². The first kappa shape index (κ1) is 22.8. The van der Waals surface area contributed by atoms with Crippen molar-refractivity contribution in [1.82, 2.24) is 14.1 Å². The maximum Gasteiger partial charge on any atom is 0.338 e. The first-order valence-electron chi connectivity index (χ1n) is 10.7. The molecule has 1 N–H and O–H groups in total. The van der Waals surface area contributed by atoms with Gasteiger partial charge in [0.1, 0.15) is 23.3 Å². The molecule has 2 aromatic carbocycles. The van der Waals surface area contributed by atoms with E-state index in [0.29, 0.717) is 28.0 Å². The van der Waals surface area contributed by atoms with Crippen LogP contribution in [0.3, 0.4) is 0 Å². The van der Waals surface area contributed by atoms with Crippen molar-refractivity contribution in [2.45, 2.75) is 13.5 Å². The fraction of sp³-hybridized carbons (Fsp3) is 0.200. The number of nitrogens with one attached hydrogen (secondary N) is 1. The van der Waals surface area contributed by atoms with Gasteiger partial charge in [0.05, 0.1) is 25.6 Å². The molecule has 0 saturated carbocycles. The monoisotopic (exact) mass is 460 g/mol. The summed E-state index contributed by atoms with van der Waals surface area (Å²) in [4.78, 5) is 41.9. The molecule has 0 atom stereocenters. The van der Waals surface area contributed by atoms with Crippen molar-refractivity contribution >= 4 is 28.6 Å². The van der Waals surface area contributed by atoms with Crippen LogP contribution < -0.4 is 15.6 Å². The molecular formula is C25H24N4O5. The quantitative estimate of drug-likeness (QED) is 0.425. The lowest BCUT2D eigenvalue weighted by Crippen LogP contribution is -2.28. The summed E-state index contributed by atoms with van der Waals surface area (Å²) >= 11 is 0. The van der Waals surface area contributed by atoms with Crippen molar-refractivity contribution in [3.63, 3.8) is 0 Å². The molecule has 1 amide bonds. The third-order valence-corrected chi connectivity index (χ3v) is 5.32. The van der Waals surface area contributed by atoms with Crippen molar-refractivity contribution in [1.29, 1.82) is 0 Å². The summed E-state index contributed by atoms with van der Waals surface area (Å²) in [5.74, 6) is -0.119. The molecule has 9 nitrogen and oxygen atoms in total. The van der Waals surface area contributed by atoms with Crippen LogP contribution in [0.2, 0.25) is 0 Å². The van der Waals surface area contributed by atoms with E-state index in [1.807, 2.05) is 30.5 Å². The zero-order valence-electron chi connectivity index (χ0n) is 19.1. The highest BCUT2D eigenvalue weighted by atomic mass is 16.5. The number of fused-ring (bicyclic) bond motifs is 1. The topological polar surface area (TPSA) is 104 Å². The number of hydrogen-bond acceptors (Lipinski definition) is 6. The minimum absolute atomic E-state index is 0.207. The van der Waals surface area contributed by atoms with Crippen LogP contribution in [0.4, 0.5) is 5.69 Å². The Kier molecular flexibility index (Phi) is 6.44. The van der Waals surface area contributed by atoms with Crippen LogP contribution in [0.25, 0.3) is 22.2 Å². The van der Waals surface area contributed by atoms with Crippen LogP contribution in [0.15, 0.2) is 65.8 Å². The van der Waals surface area contributed by atoms with Crippen molar-refractivity contribution < 1.29 is 19.1 Å². The van der Waals surface area contributed by atoms with Crippen LogP contribution in [-0.2, 0) is 23.1 Å². The highest BCUT2D eigenvalue weighted by Gasteiger charge is 2.16. The molecule has 4 aromatic rings. The number of nitrogens with zero attached hydrogens (tertiary/aromatic N) is 3. The molecule has 0 fully saturated rings. The van der Waals surface area contributed by atoms with Gasteiger partial charge in [0.15, 0.2) is 0 Å². The Labute approximate surface area is 195 Å². The van der Waals surface area contributed by atoms with Crippen molar-refractivity contribution in [3.8, 4) is 16.9 Å². The van der Waals surface area contributed by atoms with E-state index < -0.39 is 11.9 Å². The lowest BCUT2D eigenvalue weighted by Gasteiger charge is -2.09. The molecule has 2 aromatic heterocycles. The summed E-state index contributed by atoms with van der Waals surface area (Å²) in [5.41, 5.74) is 3.18. The van der Waals surface area contributed by atoms with Crippen LogP contribution in [0, 0.1) is 0 Å². The van der Waals surface area contributed by atoms with Crippen molar-refractivity contribution in [2.24, 2.45) is 7.05 Å². The second-order valence-corrected chi connectivity index (χ2v) is 7.61. The van der Waals surface area contributed by atoms with Crippen LogP contribution in [0.5, 0.6) is 5.75 Å². The highest BCUT2D eigenvalue weighted by Crippen LogP contribution is 2.29. The minimum Gasteiger partial charge on any atom is -0.497 e. The van der Waals surface area contributed by atoms with Gasteiger partial charge in [0, 0.05) is 24.5 Å². The maximum atomic E-state index is 13.1. The van der Waals surface area contributed by atoms with Gasteiger partial charge >= 0.3 is 5.97 Å². The second kappa shape index (κ2) is 9.62. The standard InChI is InChI=1S/C25H24N4O5/c1-4-34-25(32)16-8-10-18(11-9-16)27-21(30)14-29-15-26-22-20(13-28(2)23(22)24(29)31)17-6-5-7-19(12-17)33-3/h5-13,15H,4,14H2,1-3H3,(H,27,30). The molecule has 0 bridgehead atoms. The lowest BCUT2D eigenvalue weighted by molar-refractivity contribution is -0.116. The number of carbonyl (C=O) groups is 2. The Balaban J connectivity index is 1.55. The Morgan fingerprint density at radius 3 is 2.59 bits per heavy atom. The second-order valence-electron chi connectivity index (χ2n) is 7.61. The first-order valence-corrected chi connectivity index (χ1v) is 10.7. The summed E-state index contributed by atoms with van der Waals surface area (Å²) in [6, 6.07) is 13.9. The summed E-state index contributed by atoms with van der Waals surface area (Å²) in [6.45, 7) is 1.81. The van der Waals surface area contributed by atoms with Gasteiger partial charge in [-0.2, -0.15) is 0 Å². The number of carbonyl (C=O) groups excluding carboxylic acids is 2. The molecule has 4 rings (SSSR count). The lowest BCUT2D eigenvalue weighted by atomic mass is 10.1. The predicted molar refractivity (Wildman–Crippen MR) is 128 cm³/mol. The van der Waals surface area contributed by atoms with Crippen LogP contribution >= 0.6 is 0 Å². The van der Waals surface area contributed by atoms with Gasteiger partial charge in [-0.15, -0.1) is 0 Å². The number of aromatic nitrogens is 3. The number of esters is 1. The SMILES string of the molecule is CCOC(=O)c1ccc(NC(=O)Cn2cnc3c(-c4cccc(OC)c4)cn(C)c3c2=O)cc1. The Morgan fingerprint density at radius 1 is 1.12 bits per heavy atom. The molecule has 0 aliphatic heterocycles. The van der Waals surface area contributed by atoms with E-state index in [9.17, 15) is 14.4 Å². The van der Waals surface area contributed by atoms with E-state index in [-0.39, 0.29) is 18.7 Å². The van der Waals surface area contributed by atoms with Gasteiger partial charge < -0.3 is 19.4 Å². The van der Waals surface area contributed by atoms with Gasteiger partial charge in [0.2, 0.25) is 5.91 Å². The predicted octanol–water partition coefficient (Wildman–Crippen LogP) is 3.23. The summed E-state index contributed by atoms with van der Waals surface area (Å²) in [6.07, 6.45) is 3.21. The summed E-state index contributed by atoms with van der Waals surface area (Å²) in [5, 5.41) is 2.72.